The van der Waals surface area contributed by atoms with Gasteiger partial charge in [0.2, 0.25) is 11.8 Å². The minimum Gasteiger partial charge on any atom is -0.463 e. The van der Waals surface area contributed by atoms with Crippen LogP contribution in [0, 0.1) is 0 Å². The number of rotatable bonds is 19. The van der Waals surface area contributed by atoms with E-state index in [1.807, 2.05) is 60.7 Å². The van der Waals surface area contributed by atoms with Crippen LogP contribution in [0.15, 0.2) is 60.7 Å². The van der Waals surface area contributed by atoms with Crippen LogP contribution < -0.4 is 16.0 Å². The van der Waals surface area contributed by atoms with Crippen LogP contribution in [0.25, 0.3) is 0 Å². The predicted octanol–water partition coefficient (Wildman–Crippen LogP) is 2.87. The Morgan fingerprint density at radius 3 is 1.96 bits per heavy atom. The van der Waals surface area contributed by atoms with E-state index in [0.717, 1.165) is 17.5 Å². The summed E-state index contributed by atoms with van der Waals surface area (Å²) < 4.78 is 33.3. The van der Waals surface area contributed by atoms with E-state index in [0.29, 0.717) is 25.8 Å². The second kappa shape index (κ2) is 22.0. The van der Waals surface area contributed by atoms with Crippen molar-refractivity contribution in [2.24, 2.45) is 0 Å². The molecule has 15 heteroatoms. The third-order valence-electron chi connectivity index (χ3n) is 7.83. The van der Waals surface area contributed by atoms with Crippen LogP contribution in [-0.4, -0.2) is 92.3 Å². The average molecular weight is 728 g/mol. The number of carbonyl (C=O) groups excluding carboxylic acids is 6. The van der Waals surface area contributed by atoms with E-state index in [4.69, 9.17) is 28.4 Å². The number of amides is 3. The van der Waals surface area contributed by atoms with Crippen molar-refractivity contribution in [3.8, 4) is 0 Å². The third kappa shape index (κ3) is 15.1. The normalized spacial score (nSPS) is 20.0. The maximum absolute atomic E-state index is 13.1. The molecule has 52 heavy (non-hydrogen) atoms. The number of alkyl carbamates (subject to hydrolysis) is 1. The Bertz CT molecular complexity index is 1460. The molecular weight excluding hydrogens is 678 g/mol. The molecule has 0 bridgehead atoms. The summed E-state index contributed by atoms with van der Waals surface area (Å²) in [7, 11) is 0. The molecule has 0 spiro atoms. The van der Waals surface area contributed by atoms with Crippen molar-refractivity contribution < 1.29 is 57.2 Å². The lowest BCUT2D eigenvalue weighted by Crippen LogP contribution is -2.66. The van der Waals surface area contributed by atoms with Crippen molar-refractivity contribution in [2.45, 2.75) is 103 Å². The maximum Gasteiger partial charge on any atom is 0.408 e. The predicted molar refractivity (Wildman–Crippen MR) is 185 cm³/mol. The molecule has 6 atom stereocenters. The van der Waals surface area contributed by atoms with E-state index in [9.17, 15) is 28.8 Å². The van der Waals surface area contributed by atoms with Crippen molar-refractivity contribution in [1.82, 2.24) is 16.0 Å². The van der Waals surface area contributed by atoms with Crippen LogP contribution in [-0.2, 0) is 65.4 Å². The van der Waals surface area contributed by atoms with Crippen molar-refractivity contribution in [1.29, 1.82) is 0 Å². The smallest absolute Gasteiger partial charge is 0.408 e. The van der Waals surface area contributed by atoms with Crippen molar-refractivity contribution in [3.63, 3.8) is 0 Å². The molecule has 2 aromatic carbocycles. The number of benzene rings is 2. The van der Waals surface area contributed by atoms with Gasteiger partial charge in [0, 0.05) is 47.3 Å². The lowest BCUT2D eigenvalue weighted by Gasteiger charge is -2.44. The SMILES string of the molecule is CC(=O)N[C@H]1[C@H](OCCCCCCNC(=O)[C@H](Cc2ccccc2)NC(=O)OCc2ccccc2)O[C@H](COC(C)=O)[C@@H](OC(C)=O)[C@@H]1OC(C)=O. The number of ether oxygens (including phenoxy) is 6. The number of hydrogen-bond acceptors (Lipinski definition) is 12. The molecule has 1 aliphatic heterocycles. The van der Waals surface area contributed by atoms with Crippen molar-refractivity contribution >= 4 is 35.8 Å². The average Bonchev–Trinajstić information content (AvgIpc) is 3.10. The Balaban J connectivity index is 1.50. The number of carbonyl (C=O) groups is 6. The first-order valence-electron chi connectivity index (χ1n) is 17.2. The standard InChI is InChI=1S/C37H49N3O12/c1-24(41)39-32-34(51-27(4)44)33(50-26(3)43)31(23-48-25(2)42)52-36(32)47-20-14-6-5-13-19-38-35(45)30(21-28-15-9-7-10-16-28)40-37(46)49-22-29-17-11-8-12-18-29/h7-12,15-18,30-34,36H,5-6,13-14,19-23H2,1-4H3,(H,38,45)(H,39,41)(H,40,46)/t30-,31+,32+,33+,34+,36+/m0/s1. The molecule has 0 radical (unpaired) electrons. The summed E-state index contributed by atoms with van der Waals surface area (Å²) >= 11 is 0. The van der Waals surface area contributed by atoms with E-state index in [-0.39, 0.29) is 32.1 Å². The molecule has 284 valence electrons. The van der Waals surface area contributed by atoms with E-state index >= 15 is 0 Å². The molecule has 3 N–H and O–H groups in total. The Kier molecular flexibility index (Phi) is 17.5. The fourth-order valence-electron chi connectivity index (χ4n) is 5.51. The lowest BCUT2D eigenvalue weighted by molar-refractivity contribution is -0.277. The maximum atomic E-state index is 13.1. The molecule has 0 aromatic heterocycles. The first-order valence-corrected chi connectivity index (χ1v) is 17.2. The fourth-order valence-corrected chi connectivity index (χ4v) is 5.51. The molecule has 0 aliphatic carbocycles. The van der Waals surface area contributed by atoms with E-state index in [1.54, 1.807) is 0 Å². The summed E-state index contributed by atoms with van der Waals surface area (Å²) in [4.78, 5) is 73.3. The van der Waals surface area contributed by atoms with Gasteiger partial charge in [-0.25, -0.2) is 4.79 Å². The Morgan fingerprint density at radius 1 is 0.731 bits per heavy atom. The van der Waals surface area contributed by atoms with Crippen LogP contribution in [0.5, 0.6) is 0 Å². The zero-order chi connectivity index (χ0) is 37.9. The van der Waals surface area contributed by atoms with Gasteiger partial charge in [0.05, 0.1) is 0 Å². The molecule has 15 nitrogen and oxygen atoms in total. The molecule has 3 amide bonds. The number of unbranched alkanes of at least 4 members (excludes halogenated alkanes) is 3. The third-order valence-corrected chi connectivity index (χ3v) is 7.83. The van der Waals surface area contributed by atoms with Gasteiger partial charge in [-0.15, -0.1) is 0 Å². The molecule has 1 heterocycles. The zero-order valence-corrected chi connectivity index (χ0v) is 30.0. The summed E-state index contributed by atoms with van der Waals surface area (Å²) in [6, 6.07) is 16.7. The first-order chi connectivity index (χ1) is 24.9. The topological polar surface area (TPSA) is 194 Å². The number of nitrogens with one attached hydrogen (secondary N) is 3. The van der Waals surface area contributed by atoms with Crippen molar-refractivity contribution in [3.05, 3.63) is 71.8 Å². The van der Waals surface area contributed by atoms with Crippen LogP contribution in [0.3, 0.4) is 0 Å². The van der Waals surface area contributed by atoms with E-state index in [1.165, 1.54) is 27.7 Å². The first kappa shape index (κ1) is 41.4. The Morgan fingerprint density at radius 2 is 1.35 bits per heavy atom. The van der Waals surface area contributed by atoms with Gasteiger partial charge in [-0.1, -0.05) is 73.5 Å². The van der Waals surface area contributed by atoms with Crippen LogP contribution in [0.2, 0.25) is 0 Å². The quantitative estimate of drug-likeness (QED) is 0.109. The minimum absolute atomic E-state index is 0.0767. The molecule has 1 aliphatic rings. The van der Waals surface area contributed by atoms with Crippen LogP contribution in [0.4, 0.5) is 4.79 Å². The van der Waals surface area contributed by atoms with Gasteiger partial charge in [-0.05, 0) is 24.0 Å². The van der Waals surface area contributed by atoms with Gasteiger partial charge >= 0.3 is 24.0 Å². The van der Waals surface area contributed by atoms with Crippen LogP contribution in [0.1, 0.15) is 64.5 Å². The summed E-state index contributed by atoms with van der Waals surface area (Å²) in [6.45, 7) is 5.13. The molecule has 3 rings (SSSR count). The lowest BCUT2D eigenvalue weighted by atomic mass is 9.96. The largest absolute Gasteiger partial charge is 0.463 e. The summed E-state index contributed by atoms with van der Waals surface area (Å²) in [6.07, 6.45) is -2.31. The van der Waals surface area contributed by atoms with Gasteiger partial charge in [0.25, 0.3) is 0 Å². The Labute approximate surface area is 303 Å². The summed E-state index contributed by atoms with van der Waals surface area (Å²) in [5.41, 5.74) is 1.71. The number of hydrogen-bond donors (Lipinski definition) is 3. The Hall–Kier alpha value is -5.02. The summed E-state index contributed by atoms with van der Waals surface area (Å²) in [5.74, 6) is -2.79. The van der Waals surface area contributed by atoms with Crippen molar-refractivity contribution in [2.75, 3.05) is 19.8 Å². The van der Waals surface area contributed by atoms with Gasteiger partial charge in [0.15, 0.2) is 18.5 Å². The highest BCUT2D eigenvalue weighted by Crippen LogP contribution is 2.28. The molecular formula is C37H49N3O12. The summed E-state index contributed by atoms with van der Waals surface area (Å²) in [5, 5.41) is 8.25. The van der Waals surface area contributed by atoms with Gasteiger partial charge in [-0.3, -0.25) is 24.0 Å². The molecule has 0 saturated carbocycles. The second-order valence-electron chi connectivity index (χ2n) is 12.2. The van der Waals surface area contributed by atoms with E-state index < -0.39 is 66.6 Å². The van der Waals surface area contributed by atoms with Gasteiger partial charge in [-0.2, -0.15) is 0 Å². The molecule has 1 fully saturated rings. The highest BCUT2D eigenvalue weighted by atomic mass is 16.7. The molecule has 0 unspecified atom stereocenters. The number of esters is 3. The van der Waals surface area contributed by atoms with Gasteiger partial charge in [0.1, 0.15) is 31.4 Å². The van der Waals surface area contributed by atoms with Crippen LogP contribution >= 0.6 is 0 Å². The monoisotopic (exact) mass is 727 g/mol. The molecule has 1 saturated heterocycles. The second-order valence-corrected chi connectivity index (χ2v) is 12.2. The minimum atomic E-state index is -1.20. The van der Waals surface area contributed by atoms with E-state index in [2.05, 4.69) is 16.0 Å². The van der Waals surface area contributed by atoms with Gasteiger partial charge < -0.3 is 44.4 Å². The highest BCUT2D eigenvalue weighted by molar-refractivity contribution is 5.86. The zero-order valence-electron chi connectivity index (χ0n) is 30.0. The molecule has 2 aromatic rings. The highest BCUT2D eigenvalue weighted by Gasteiger charge is 2.51. The fraction of sp³-hybridized carbons (Fsp3) is 0.514.